The Morgan fingerprint density at radius 3 is 2.56 bits per heavy atom. The van der Waals surface area contributed by atoms with Gasteiger partial charge in [0.25, 0.3) is 0 Å². The van der Waals surface area contributed by atoms with Crippen LogP contribution in [0.2, 0.25) is 0 Å². The second kappa shape index (κ2) is 5.21. The molecule has 18 heavy (non-hydrogen) atoms. The molecule has 1 heterocycles. The number of benzene rings is 1. The topological polar surface area (TPSA) is 17.3 Å². The number of aryl methyl sites for hydroxylation is 2. The first-order valence-electron chi connectivity index (χ1n) is 6.35. The highest BCUT2D eigenvalue weighted by Crippen LogP contribution is 2.16. The van der Waals surface area contributed by atoms with Crippen molar-refractivity contribution < 1.29 is 0 Å². The molecule has 0 atom stereocenters. The van der Waals surface area contributed by atoms with Crippen LogP contribution in [0.4, 0.5) is 5.69 Å². The highest BCUT2D eigenvalue weighted by Gasteiger charge is 2.03. The van der Waals surface area contributed by atoms with E-state index in [0.717, 1.165) is 11.3 Å². The first kappa shape index (κ1) is 12.6. The van der Waals surface area contributed by atoms with Crippen molar-refractivity contribution in [3.63, 3.8) is 0 Å². The molecule has 2 heteroatoms. The van der Waals surface area contributed by atoms with Gasteiger partial charge in [0, 0.05) is 29.7 Å². The number of nitrogens with zero attached hydrogens (tertiary/aromatic N) is 2. The molecule has 2 nitrogen and oxygen atoms in total. The third kappa shape index (κ3) is 2.89. The van der Waals surface area contributed by atoms with Gasteiger partial charge in [0.05, 0.1) is 5.69 Å². The lowest BCUT2D eigenvalue weighted by atomic mass is 10.2. The fourth-order valence-corrected chi connectivity index (χ4v) is 2.10. The maximum atomic E-state index is 4.51. The minimum absolute atomic E-state index is 0.492. The minimum atomic E-state index is 0.492. The number of hydrogen-bond donors (Lipinski definition) is 0. The Balaban J connectivity index is 2.21. The molecule has 0 spiro atoms. The Hall–Kier alpha value is -1.83. The van der Waals surface area contributed by atoms with Crippen LogP contribution in [0.15, 0.2) is 41.5 Å². The molecule has 0 radical (unpaired) electrons. The molecule has 0 aliphatic heterocycles. The second-order valence-electron chi connectivity index (χ2n) is 5.01. The molecule has 0 N–H and O–H groups in total. The van der Waals surface area contributed by atoms with Crippen LogP contribution < -0.4 is 0 Å². The Bertz CT molecular complexity index is 562. The standard InChI is InChI=1S/C16H20N2/c1-12(2)18-11-15(9-14(18)4)10-17-16-7-5-6-13(3)8-16/h5-12H,1-4H3. The molecule has 94 valence electrons. The Labute approximate surface area is 109 Å². The monoisotopic (exact) mass is 240 g/mol. The maximum absolute atomic E-state index is 4.51. The minimum Gasteiger partial charge on any atom is -0.349 e. The molecule has 2 rings (SSSR count). The number of aromatic nitrogens is 1. The summed E-state index contributed by atoms with van der Waals surface area (Å²) in [6.07, 6.45) is 4.08. The predicted molar refractivity (Wildman–Crippen MR) is 78.0 cm³/mol. The van der Waals surface area contributed by atoms with Crippen LogP contribution in [0.25, 0.3) is 0 Å². The number of rotatable bonds is 3. The third-order valence-corrected chi connectivity index (χ3v) is 2.99. The lowest BCUT2D eigenvalue weighted by Gasteiger charge is -2.08. The molecule has 0 unspecified atom stereocenters. The number of hydrogen-bond acceptors (Lipinski definition) is 1. The van der Waals surface area contributed by atoms with E-state index >= 15 is 0 Å². The van der Waals surface area contributed by atoms with Crippen molar-refractivity contribution in [3.8, 4) is 0 Å². The third-order valence-electron chi connectivity index (χ3n) is 2.99. The van der Waals surface area contributed by atoms with Crippen molar-refractivity contribution in [2.24, 2.45) is 4.99 Å². The summed E-state index contributed by atoms with van der Waals surface area (Å²) in [6, 6.07) is 10.9. The van der Waals surface area contributed by atoms with Crippen molar-refractivity contribution in [1.29, 1.82) is 0 Å². The van der Waals surface area contributed by atoms with Crippen molar-refractivity contribution in [1.82, 2.24) is 4.57 Å². The molecule has 0 aliphatic carbocycles. The molecule has 1 aromatic heterocycles. The Morgan fingerprint density at radius 2 is 1.94 bits per heavy atom. The Kier molecular flexibility index (Phi) is 3.66. The average Bonchev–Trinajstić information content (AvgIpc) is 2.68. The summed E-state index contributed by atoms with van der Waals surface area (Å²) in [5, 5.41) is 0. The van der Waals surface area contributed by atoms with E-state index in [1.807, 2.05) is 18.3 Å². The zero-order valence-electron chi connectivity index (χ0n) is 11.5. The van der Waals surface area contributed by atoms with Gasteiger partial charge < -0.3 is 4.57 Å². The van der Waals surface area contributed by atoms with Gasteiger partial charge in [-0.15, -0.1) is 0 Å². The van der Waals surface area contributed by atoms with Gasteiger partial charge in [-0.2, -0.15) is 0 Å². The van der Waals surface area contributed by atoms with Gasteiger partial charge in [-0.3, -0.25) is 4.99 Å². The highest BCUT2D eigenvalue weighted by molar-refractivity contribution is 5.82. The van der Waals surface area contributed by atoms with Crippen molar-refractivity contribution in [2.45, 2.75) is 33.7 Å². The highest BCUT2D eigenvalue weighted by atomic mass is 15.0. The van der Waals surface area contributed by atoms with Crippen molar-refractivity contribution in [3.05, 3.63) is 53.3 Å². The predicted octanol–water partition coefficient (Wildman–Crippen LogP) is 4.44. The quantitative estimate of drug-likeness (QED) is 0.706. The van der Waals surface area contributed by atoms with E-state index in [2.05, 4.69) is 61.7 Å². The van der Waals surface area contributed by atoms with E-state index in [1.54, 1.807) is 0 Å². The average molecular weight is 240 g/mol. The fourth-order valence-electron chi connectivity index (χ4n) is 2.10. The van der Waals surface area contributed by atoms with E-state index in [-0.39, 0.29) is 0 Å². The maximum Gasteiger partial charge on any atom is 0.0632 e. The summed E-state index contributed by atoms with van der Waals surface area (Å²) < 4.78 is 2.26. The first-order valence-corrected chi connectivity index (χ1v) is 6.35. The summed E-state index contributed by atoms with van der Waals surface area (Å²) in [6.45, 7) is 8.59. The van der Waals surface area contributed by atoms with Crippen LogP contribution in [0.3, 0.4) is 0 Å². The van der Waals surface area contributed by atoms with Gasteiger partial charge in [-0.25, -0.2) is 0 Å². The van der Waals surface area contributed by atoms with Crippen molar-refractivity contribution >= 4 is 11.9 Å². The lowest BCUT2D eigenvalue weighted by molar-refractivity contribution is 0.589. The molecular formula is C16H20N2. The summed E-state index contributed by atoms with van der Waals surface area (Å²) >= 11 is 0. The fraction of sp³-hybridized carbons (Fsp3) is 0.312. The largest absolute Gasteiger partial charge is 0.349 e. The van der Waals surface area contributed by atoms with Gasteiger partial charge in [0.1, 0.15) is 0 Å². The van der Waals surface area contributed by atoms with Crippen LogP contribution in [0.1, 0.15) is 36.7 Å². The zero-order valence-corrected chi connectivity index (χ0v) is 11.5. The van der Waals surface area contributed by atoms with Gasteiger partial charge in [0.2, 0.25) is 0 Å². The summed E-state index contributed by atoms with van der Waals surface area (Å²) in [5.74, 6) is 0. The molecule has 0 saturated carbocycles. The van der Waals surface area contributed by atoms with E-state index < -0.39 is 0 Å². The molecule has 0 aliphatic rings. The van der Waals surface area contributed by atoms with Gasteiger partial charge in [-0.05, 0) is 51.5 Å². The van der Waals surface area contributed by atoms with Crippen LogP contribution >= 0.6 is 0 Å². The van der Waals surface area contributed by atoms with Gasteiger partial charge in [-0.1, -0.05) is 12.1 Å². The molecule has 0 saturated heterocycles. The summed E-state index contributed by atoms with van der Waals surface area (Å²) in [4.78, 5) is 4.51. The molecular weight excluding hydrogens is 220 g/mol. The van der Waals surface area contributed by atoms with Crippen LogP contribution in [-0.4, -0.2) is 10.8 Å². The first-order chi connectivity index (χ1) is 8.56. The Morgan fingerprint density at radius 1 is 1.17 bits per heavy atom. The SMILES string of the molecule is Cc1cccc(N=Cc2cc(C)n(C(C)C)c2)c1. The summed E-state index contributed by atoms with van der Waals surface area (Å²) in [7, 11) is 0. The van der Waals surface area contributed by atoms with E-state index in [9.17, 15) is 0 Å². The molecule has 0 amide bonds. The van der Waals surface area contributed by atoms with Crippen LogP contribution in [-0.2, 0) is 0 Å². The molecule has 2 aromatic rings. The molecule has 0 bridgehead atoms. The van der Waals surface area contributed by atoms with E-state index in [0.29, 0.717) is 6.04 Å². The van der Waals surface area contributed by atoms with Crippen LogP contribution in [0.5, 0.6) is 0 Å². The van der Waals surface area contributed by atoms with Gasteiger partial charge >= 0.3 is 0 Å². The lowest BCUT2D eigenvalue weighted by Crippen LogP contribution is -2.00. The van der Waals surface area contributed by atoms with Crippen LogP contribution in [0, 0.1) is 13.8 Å². The van der Waals surface area contributed by atoms with E-state index in [1.165, 1.54) is 11.3 Å². The zero-order chi connectivity index (χ0) is 13.1. The smallest absolute Gasteiger partial charge is 0.0632 e. The second-order valence-corrected chi connectivity index (χ2v) is 5.01. The molecule has 1 aromatic carbocycles. The van der Waals surface area contributed by atoms with E-state index in [4.69, 9.17) is 0 Å². The van der Waals surface area contributed by atoms with Crippen molar-refractivity contribution in [2.75, 3.05) is 0 Å². The normalized spacial score (nSPS) is 11.6. The van der Waals surface area contributed by atoms with Gasteiger partial charge in [0.15, 0.2) is 0 Å². The summed E-state index contributed by atoms with van der Waals surface area (Å²) in [5.41, 5.74) is 4.67. The molecule has 0 fully saturated rings. The number of aliphatic imine (C=N–C) groups is 1.